The predicted octanol–water partition coefficient (Wildman–Crippen LogP) is 0.414. The van der Waals surface area contributed by atoms with E-state index in [1.54, 1.807) is 56.0 Å². The van der Waals surface area contributed by atoms with E-state index in [1.807, 2.05) is 6.08 Å². The molecule has 1 saturated heterocycles. The summed E-state index contributed by atoms with van der Waals surface area (Å²) in [6, 6.07) is 5.49. The molecule has 8 heteroatoms. The highest BCUT2D eigenvalue weighted by Crippen LogP contribution is 2.16. The van der Waals surface area contributed by atoms with E-state index >= 15 is 0 Å². The fourth-order valence-corrected chi connectivity index (χ4v) is 2.77. The summed E-state index contributed by atoms with van der Waals surface area (Å²) in [5.41, 5.74) is 7.42. The molecular weight excluding hydrogens is 372 g/mol. The van der Waals surface area contributed by atoms with Gasteiger partial charge in [-0.15, -0.1) is 0 Å². The van der Waals surface area contributed by atoms with Crippen LogP contribution in [0.4, 0.5) is 0 Å². The van der Waals surface area contributed by atoms with Gasteiger partial charge in [-0.3, -0.25) is 19.6 Å². The lowest BCUT2D eigenvalue weighted by atomic mass is 9.95. The van der Waals surface area contributed by atoms with E-state index in [2.05, 4.69) is 17.2 Å². The number of hydrogen-bond acceptors (Lipinski definition) is 5. The van der Waals surface area contributed by atoms with Crippen molar-refractivity contribution in [3.05, 3.63) is 47.5 Å². The lowest BCUT2D eigenvalue weighted by molar-refractivity contribution is -0.134. The van der Waals surface area contributed by atoms with Crippen molar-refractivity contribution in [1.82, 2.24) is 15.7 Å². The van der Waals surface area contributed by atoms with Gasteiger partial charge in [-0.05, 0) is 44.2 Å². The van der Waals surface area contributed by atoms with Crippen molar-refractivity contribution in [3.8, 4) is 11.8 Å². The summed E-state index contributed by atoms with van der Waals surface area (Å²) in [6.07, 6.45) is 3.75. The fourth-order valence-electron chi connectivity index (χ4n) is 2.77. The molecule has 1 heterocycles. The summed E-state index contributed by atoms with van der Waals surface area (Å²) in [5, 5.41) is 11.4. The lowest BCUT2D eigenvalue weighted by Gasteiger charge is -2.36. The van der Waals surface area contributed by atoms with Crippen LogP contribution >= 0.6 is 0 Å². The third-order valence-electron chi connectivity index (χ3n) is 4.56. The Morgan fingerprint density at radius 3 is 2.41 bits per heavy atom. The zero-order valence-corrected chi connectivity index (χ0v) is 16.7. The molecule has 1 aliphatic rings. The predicted molar refractivity (Wildman–Crippen MR) is 108 cm³/mol. The second-order valence-electron chi connectivity index (χ2n) is 7.59. The van der Waals surface area contributed by atoms with Crippen LogP contribution < -0.4 is 16.5 Å². The van der Waals surface area contributed by atoms with Gasteiger partial charge in [-0.2, -0.15) is 0 Å². The molecular formula is C21H26N4O4. The highest BCUT2D eigenvalue weighted by molar-refractivity contribution is 5.97. The molecule has 2 rings (SSSR count). The molecule has 1 aliphatic heterocycles. The van der Waals surface area contributed by atoms with E-state index in [0.717, 1.165) is 18.7 Å². The quantitative estimate of drug-likeness (QED) is 0.325. The number of nitrogens with zero attached hydrogens (tertiary/aromatic N) is 1. The number of amides is 3. The second kappa shape index (κ2) is 9.37. The van der Waals surface area contributed by atoms with Gasteiger partial charge in [-0.1, -0.05) is 17.9 Å². The Balaban J connectivity index is 1.94. The minimum Gasteiger partial charge on any atom is -0.342 e. The topological polar surface area (TPSA) is 125 Å². The Morgan fingerprint density at radius 1 is 1.28 bits per heavy atom. The molecule has 0 radical (unpaired) electrons. The standard InChI is InChI=1S/C21H26N4O4/c1-14(26)25-12-16(13-25)7-5-4-6-15-8-10-17(11-9-15)19(27)23-18(20(28)24-29)21(2,3)22/h5,7-11,16,18,29H,12-13,22H2,1-3H3,(H,23,27)(H,24,28)/b7-5+/t18-/m1/s1. The first kappa shape index (κ1) is 22.1. The van der Waals surface area contributed by atoms with E-state index < -0.39 is 23.4 Å². The van der Waals surface area contributed by atoms with E-state index in [4.69, 9.17) is 10.9 Å². The lowest BCUT2D eigenvalue weighted by Crippen LogP contribution is -2.61. The molecule has 0 unspecified atom stereocenters. The van der Waals surface area contributed by atoms with Crippen molar-refractivity contribution in [1.29, 1.82) is 0 Å². The summed E-state index contributed by atoms with van der Waals surface area (Å²) in [5.74, 6) is 5.06. The van der Waals surface area contributed by atoms with Crippen LogP contribution in [0.25, 0.3) is 0 Å². The van der Waals surface area contributed by atoms with Crippen LogP contribution in [0.1, 0.15) is 36.7 Å². The summed E-state index contributed by atoms with van der Waals surface area (Å²) in [6.45, 7) is 6.15. The van der Waals surface area contributed by atoms with Crippen molar-refractivity contribution in [2.75, 3.05) is 13.1 Å². The van der Waals surface area contributed by atoms with Crippen LogP contribution in [0.15, 0.2) is 36.4 Å². The molecule has 0 bridgehead atoms. The van der Waals surface area contributed by atoms with E-state index in [0.29, 0.717) is 11.5 Å². The SMILES string of the molecule is CC(=O)N1CC(/C=C/C#Cc2ccc(C(=O)N[C@H](C(=O)NO)C(C)(C)N)cc2)C1. The minimum absolute atomic E-state index is 0.0863. The molecule has 0 saturated carbocycles. The van der Waals surface area contributed by atoms with Crippen LogP contribution in [0.5, 0.6) is 0 Å². The Kier molecular flexibility index (Phi) is 7.15. The molecule has 1 aromatic rings. The first-order valence-corrected chi connectivity index (χ1v) is 9.19. The maximum Gasteiger partial charge on any atom is 0.267 e. The van der Waals surface area contributed by atoms with Gasteiger partial charge in [0.25, 0.3) is 11.8 Å². The van der Waals surface area contributed by atoms with E-state index in [1.165, 1.54) is 5.48 Å². The molecule has 1 aromatic carbocycles. The smallest absolute Gasteiger partial charge is 0.267 e. The summed E-state index contributed by atoms with van der Waals surface area (Å²) in [7, 11) is 0. The summed E-state index contributed by atoms with van der Waals surface area (Å²) >= 11 is 0. The van der Waals surface area contributed by atoms with Gasteiger partial charge in [0.05, 0.1) is 0 Å². The molecule has 154 valence electrons. The third-order valence-corrected chi connectivity index (χ3v) is 4.56. The van der Waals surface area contributed by atoms with Crippen LogP contribution in [-0.4, -0.2) is 52.5 Å². The molecule has 0 aliphatic carbocycles. The van der Waals surface area contributed by atoms with Gasteiger partial charge in [0.2, 0.25) is 5.91 Å². The van der Waals surface area contributed by atoms with Crippen LogP contribution in [0, 0.1) is 17.8 Å². The Hall–Kier alpha value is -3.15. The van der Waals surface area contributed by atoms with Crippen molar-refractivity contribution >= 4 is 17.7 Å². The first-order chi connectivity index (χ1) is 13.6. The number of likely N-dealkylation sites (tertiary alicyclic amines) is 1. The average Bonchev–Trinajstić information content (AvgIpc) is 2.62. The molecule has 0 aromatic heterocycles. The van der Waals surface area contributed by atoms with E-state index in [-0.39, 0.29) is 5.91 Å². The molecule has 5 N–H and O–H groups in total. The Morgan fingerprint density at radius 2 is 1.90 bits per heavy atom. The first-order valence-electron chi connectivity index (χ1n) is 9.19. The zero-order valence-electron chi connectivity index (χ0n) is 16.7. The number of hydrogen-bond donors (Lipinski definition) is 4. The highest BCUT2D eigenvalue weighted by Gasteiger charge is 2.33. The molecule has 8 nitrogen and oxygen atoms in total. The number of nitrogens with two attached hydrogens (primary N) is 1. The van der Waals surface area contributed by atoms with Crippen molar-refractivity contribution < 1.29 is 19.6 Å². The van der Waals surface area contributed by atoms with Gasteiger partial charge < -0.3 is 16.0 Å². The van der Waals surface area contributed by atoms with Crippen LogP contribution in [-0.2, 0) is 9.59 Å². The molecule has 1 fully saturated rings. The molecule has 29 heavy (non-hydrogen) atoms. The van der Waals surface area contributed by atoms with Crippen molar-refractivity contribution in [2.45, 2.75) is 32.4 Å². The maximum atomic E-state index is 12.4. The van der Waals surface area contributed by atoms with Crippen molar-refractivity contribution in [3.63, 3.8) is 0 Å². The molecule has 0 spiro atoms. The van der Waals surface area contributed by atoms with Gasteiger partial charge >= 0.3 is 0 Å². The number of carbonyl (C=O) groups is 3. The zero-order chi connectivity index (χ0) is 21.6. The number of rotatable bonds is 5. The monoisotopic (exact) mass is 398 g/mol. The van der Waals surface area contributed by atoms with Crippen LogP contribution in [0.2, 0.25) is 0 Å². The average molecular weight is 398 g/mol. The summed E-state index contributed by atoms with van der Waals surface area (Å²) in [4.78, 5) is 37.0. The van der Waals surface area contributed by atoms with Gasteiger partial charge in [0, 0.05) is 42.6 Å². The Bertz CT molecular complexity index is 853. The number of allylic oxidation sites excluding steroid dienone is 1. The highest BCUT2D eigenvalue weighted by atomic mass is 16.5. The molecule has 1 atom stereocenters. The fraction of sp³-hybridized carbons (Fsp3) is 0.381. The largest absolute Gasteiger partial charge is 0.342 e. The number of nitrogens with one attached hydrogen (secondary N) is 2. The summed E-state index contributed by atoms with van der Waals surface area (Å²) < 4.78 is 0. The van der Waals surface area contributed by atoms with Gasteiger partial charge in [0.15, 0.2) is 0 Å². The molecule has 3 amide bonds. The third kappa shape index (κ3) is 6.17. The number of carbonyl (C=O) groups excluding carboxylic acids is 3. The van der Waals surface area contributed by atoms with Crippen LogP contribution in [0.3, 0.4) is 0 Å². The second-order valence-corrected chi connectivity index (χ2v) is 7.59. The van der Waals surface area contributed by atoms with Gasteiger partial charge in [-0.25, -0.2) is 5.48 Å². The van der Waals surface area contributed by atoms with E-state index in [9.17, 15) is 14.4 Å². The number of benzene rings is 1. The minimum atomic E-state index is -1.10. The normalized spacial score (nSPS) is 15.1. The Labute approximate surface area is 170 Å². The number of hydroxylamine groups is 1. The van der Waals surface area contributed by atoms with Gasteiger partial charge in [0.1, 0.15) is 6.04 Å². The van der Waals surface area contributed by atoms with Crippen molar-refractivity contribution in [2.24, 2.45) is 11.7 Å². The maximum absolute atomic E-state index is 12.4.